The second-order valence-corrected chi connectivity index (χ2v) is 5.10. The highest BCUT2D eigenvalue weighted by Crippen LogP contribution is 2.30. The molecular formula is C13H19N3O3. The summed E-state index contributed by atoms with van der Waals surface area (Å²) in [6.45, 7) is 5.52. The van der Waals surface area contributed by atoms with Gasteiger partial charge in [0.15, 0.2) is 6.10 Å². The number of hydrogen-bond donors (Lipinski definition) is 1. The highest BCUT2D eigenvalue weighted by atomic mass is 16.5. The molecule has 6 nitrogen and oxygen atoms in total. The lowest BCUT2D eigenvalue weighted by atomic mass is 10.3. The van der Waals surface area contributed by atoms with Crippen LogP contribution >= 0.6 is 0 Å². The van der Waals surface area contributed by atoms with Gasteiger partial charge in [-0.25, -0.2) is 4.68 Å². The molecule has 1 N–H and O–H groups in total. The van der Waals surface area contributed by atoms with E-state index in [0.717, 1.165) is 12.8 Å². The van der Waals surface area contributed by atoms with E-state index < -0.39 is 6.10 Å². The van der Waals surface area contributed by atoms with Crippen LogP contribution in [0, 0.1) is 5.92 Å². The van der Waals surface area contributed by atoms with Crippen molar-refractivity contribution in [1.29, 1.82) is 0 Å². The average Bonchev–Trinajstić information content (AvgIpc) is 3.09. The average molecular weight is 265 g/mol. The molecule has 1 amide bonds. The lowest BCUT2D eigenvalue weighted by Crippen LogP contribution is -2.31. The first-order chi connectivity index (χ1) is 8.99. The number of rotatable bonds is 5. The molecule has 0 unspecified atom stereocenters. The molecule has 1 atom stereocenters. The van der Waals surface area contributed by atoms with Gasteiger partial charge in [-0.15, -0.1) is 0 Å². The first kappa shape index (κ1) is 13.6. The summed E-state index contributed by atoms with van der Waals surface area (Å²) < 4.78 is 6.81. The molecule has 0 aliphatic heterocycles. The Morgan fingerprint density at radius 2 is 2.11 bits per heavy atom. The Balaban J connectivity index is 1.92. The fraction of sp³-hybridized carbons (Fsp3) is 0.615. The molecule has 1 aromatic heterocycles. The van der Waals surface area contributed by atoms with Gasteiger partial charge in [-0.2, -0.15) is 5.10 Å². The number of aromatic nitrogens is 2. The van der Waals surface area contributed by atoms with Gasteiger partial charge in [-0.1, -0.05) is 0 Å². The van der Waals surface area contributed by atoms with Crippen molar-refractivity contribution in [2.75, 3.05) is 5.32 Å². The van der Waals surface area contributed by atoms with Crippen molar-refractivity contribution < 1.29 is 14.3 Å². The molecule has 0 saturated heterocycles. The van der Waals surface area contributed by atoms with Gasteiger partial charge >= 0.3 is 5.97 Å². The van der Waals surface area contributed by atoms with Gasteiger partial charge in [0, 0.05) is 12.1 Å². The molecule has 1 aromatic rings. The standard InChI is InChI=1S/C13H19N3O3/c1-8(2)16-11(6-7-14-16)15-12(17)9(3)19-13(18)10-4-5-10/h6-10H,4-5H2,1-3H3,(H,15,17)/t9-/m1/s1. The zero-order valence-electron chi connectivity index (χ0n) is 11.4. The van der Waals surface area contributed by atoms with Crippen LogP contribution in [0.2, 0.25) is 0 Å². The molecule has 0 radical (unpaired) electrons. The maximum atomic E-state index is 11.9. The smallest absolute Gasteiger partial charge is 0.309 e. The van der Waals surface area contributed by atoms with Crippen LogP contribution in [-0.2, 0) is 14.3 Å². The predicted molar refractivity (Wildman–Crippen MR) is 69.5 cm³/mol. The molecule has 0 aromatic carbocycles. The minimum atomic E-state index is -0.788. The third-order valence-corrected chi connectivity index (χ3v) is 2.98. The Bertz CT molecular complexity index is 477. The van der Waals surface area contributed by atoms with Crippen LogP contribution in [-0.4, -0.2) is 27.8 Å². The van der Waals surface area contributed by atoms with Gasteiger partial charge < -0.3 is 10.1 Å². The third-order valence-electron chi connectivity index (χ3n) is 2.98. The second kappa shape index (κ2) is 5.42. The van der Waals surface area contributed by atoms with E-state index >= 15 is 0 Å². The van der Waals surface area contributed by atoms with Gasteiger partial charge in [0.25, 0.3) is 5.91 Å². The van der Waals surface area contributed by atoms with Crippen LogP contribution in [0.3, 0.4) is 0 Å². The summed E-state index contributed by atoms with van der Waals surface area (Å²) in [6.07, 6.45) is 2.57. The number of anilines is 1. The Morgan fingerprint density at radius 3 is 2.68 bits per heavy atom. The van der Waals surface area contributed by atoms with Gasteiger partial charge in [0.1, 0.15) is 5.82 Å². The lowest BCUT2D eigenvalue weighted by molar-refractivity contribution is -0.154. The van der Waals surface area contributed by atoms with Crippen LogP contribution in [0.15, 0.2) is 12.3 Å². The monoisotopic (exact) mass is 265 g/mol. The van der Waals surface area contributed by atoms with Crippen LogP contribution in [0.4, 0.5) is 5.82 Å². The maximum absolute atomic E-state index is 11.9. The van der Waals surface area contributed by atoms with Crippen LogP contribution in [0.25, 0.3) is 0 Å². The highest BCUT2D eigenvalue weighted by molar-refractivity contribution is 5.94. The number of carbonyl (C=O) groups is 2. The second-order valence-electron chi connectivity index (χ2n) is 5.10. The molecule has 0 spiro atoms. The first-order valence-electron chi connectivity index (χ1n) is 6.54. The SMILES string of the molecule is CC(C)n1nccc1NC(=O)[C@@H](C)OC(=O)C1CC1. The molecule has 1 saturated carbocycles. The van der Waals surface area contributed by atoms with Crippen molar-refractivity contribution in [2.45, 2.75) is 45.8 Å². The van der Waals surface area contributed by atoms with Crippen LogP contribution < -0.4 is 5.32 Å². The van der Waals surface area contributed by atoms with Crippen molar-refractivity contribution in [2.24, 2.45) is 5.92 Å². The van der Waals surface area contributed by atoms with E-state index in [4.69, 9.17) is 4.74 Å². The number of nitrogens with zero attached hydrogens (tertiary/aromatic N) is 2. The van der Waals surface area contributed by atoms with Gasteiger partial charge in [-0.3, -0.25) is 9.59 Å². The molecule has 1 aliphatic rings. The van der Waals surface area contributed by atoms with E-state index in [1.165, 1.54) is 0 Å². The zero-order chi connectivity index (χ0) is 14.0. The number of amides is 1. The maximum Gasteiger partial charge on any atom is 0.309 e. The zero-order valence-corrected chi connectivity index (χ0v) is 11.4. The Hall–Kier alpha value is -1.85. The summed E-state index contributed by atoms with van der Waals surface area (Å²) >= 11 is 0. The topological polar surface area (TPSA) is 73.2 Å². The first-order valence-corrected chi connectivity index (χ1v) is 6.54. The molecule has 2 rings (SSSR count). The number of ether oxygens (including phenoxy) is 1. The van der Waals surface area contributed by atoms with Gasteiger partial charge in [0.2, 0.25) is 0 Å². The molecule has 6 heteroatoms. The highest BCUT2D eigenvalue weighted by Gasteiger charge is 2.33. The summed E-state index contributed by atoms with van der Waals surface area (Å²) in [5.74, 6) is -0.0119. The van der Waals surface area contributed by atoms with Gasteiger partial charge in [-0.05, 0) is 33.6 Å². The Morgan fingerprint density at radius 1 is 1.42 bits per heavy atom. The van der Waals surface area contributed by atoms with E-state index in [2.05, 4.69) is 10.4 Å². The number of nitrogens with one attached hydrogen (secondary N) is 1. The molecule has 1 fully saturated rings. The van der Waals surface area contributed by atoms with Crippen LogP contribution in [0.5, 0.6) is 0 Å². The Kier molecular flexibility index (Phi) is 3.87. The van der Waals surface area contributed by atoms with E-state index in [-0.39, 0.29) is 23.8 Å². The summed E-state index contributed by atoms with van der Waals surface area (Å²) in [5, 5.41) is 6.84. The predicted octanol–water partition coefficient (Wildman–Crippen LogP) is 1.74. The molecule has 1 heterocycles. The van der Waals surface area contributed by atoms with Crippen molar-refractivity contribution in [3.8, 4) is 0 Å². The largest absolute Gasteiger partial charge is 0.452 e. The normalized spacial score (nSPS) is 16.2. The van der Waals surface area contributed by atoms with E-state index in [1.807, 2.05) is 13.8 Å². The number of hydrogen-bond acceptors (Lipinski definition) is 4. The van der Waals surface area contributed by atoms with Crippen molar-refractivity contribution in [1.82, 2.24) is 9.78 Å². The third kappa shape index (κ3) is 3.33. The van der Waals surface area contributed by atoms with E-state index in [1.54, 1.807) is 23.9 Å². The van der Waals surface area contributed by atoms with E-state index in [0.29, 0.717) is 5.82 Å². The van der Waals surface area contributed by atoms with Crippen molar-refractivity contribution in [3.63, 3.8) is 0 Å². The molecule has 104 valence electrons. The lowest BCUT2D eigenvalue weighted by Gasteiger charge is -2.15. The minimum absolute atomic E-state index is 0.00329. The van der Waals surface area contributed by atoms with Crippen LogP contribution in [0.1, 0.15) is 39.7 Å². The molecule has 0 bridgehead atoms. The molecule has 19 heavy (non-hydrogen) atoms. The minimum Gasteiger partial charge on any atom is -0.452 e. The van der Waals surface area contributed by atoms with E-state index in [9.17, 15) is 9.59 Å². The fourth-order valence-electron chi connectivity index (χ4n) is 1.70. The number of esters is 1. The van der Waals surface area contributed by atoms with Crippen molar-refractivity contribution >= 4 is 17.7 Å². The quantitative estimate of drug-likeness (QED) is 0.823. The molecular weight excluding hydrogens is 246 g/mol. The van der Waals surface area contributed by atoms with Crippen molar-refractivity contribution in [3.05, 3.63) is 12.3 Å². The van der Waals surface area contributed by atoms with Gasteiger partial charge in [0.05, 0.1) is 12.1 Å². The summed E-state index contributed by atoms with van der Waals surface area (Å²) in [6, 6.07) is 1.86. The molecule has 1 aliphatic carbocycles. The summed E-state index contributed by atoms with van der Waals surface area (Å²) in [7, 11) is 0. The number of carbonyl (C=O) groups excluding carboxylic acids is 2. The summed E-state index contributed by atoms with van der Waals surface area (Å²) in [4.78, 5) is 23.4. The fourth-order valence-corrected chi connectivity index (χ4v) is 1.70. The summed E-state index contributed by atoms with van der Waals surface area (Å²) in [5.41, 5.74) is 0. The Labute approximate surface area is 112 Å².